The normalized spacial score (nSPS) is 26.2. The number of hydrogen-bond donors (Lipinski definition) is 1. The molecule has 3 rings (SSSR count). The number of piperazine rings is 1. The van der Waals surface area contributed by atoms with Gasteiger partial charge in [-0.2, -0.15) is 0 Å². The first kappa shape index (κ1) is 14.5. The minimum absolute atomic E-state index is 0.0102. The fraction of sp³-hybridized carbons (Fsp3) is 0.588. The van der Waals surface area contributed by atoms with Gasteiger partial charge in [0.05, 0.1) is 0 Å². The fourth-order valence-electron chi connectivity index (χ4n) is 3.65. The van der Waals surface area contributed by atoms with Gasteiger partial charge in [-0.1, -0.05) is 24.3 Å². The van der Waals surface area contributed by atoms with Gasteiger partial charge < -0.3 is 10.2 Å². The van der Waals surface area contributed by atoms with Crippen LogP contribution in [0.3, 0.4) is 0 Å². The molecule has 4 heteroatoms. The second-order valence-corrected chi connectivity index (χ2v) is 6.36. The Morgan fingerprint density at radius 1 is 1.29 bits per heavy atom. The molecule has 0 spiro atoms. The first-order valence-electron chi connectivity index (χ1n) is 7.91. The number of rotatable bonds is 2. The van der Waals surface area contributed by atoms with Gasteiger partial charge in [-0.05, 0) is 30.4 Å². The Kier molecular flexibility index (Phi) is 4.27. The molecule has 0 saturated carbocycles. The lowest BCUT2D eigenvalue weighted by Crippen LogP contribution is -2.61. The van der Waals surface area contributed by atoms with Gasteiger partial charge in [-0.3, -0.25) is 9.69 Å². The lowest BCUT2D eigenvalue weighted by atomic mass is 9.86. The number of nitrogens with zero attached hydrogens (tertiary/aromatic N) is 2. The van der Waals surface area contributed by atoms with E-state index >= 15 is 0 Å². The second kappa shape index (κ2) is 6.16. The van der Waals surface area contributed by atoms with E-state index in [4.69, 9.17) is 0 Å². The monoisotopic (exact) mass is 287 g/mol. The molecule has 1 saturated heterocycles. The molecule has 1 amide bonds. The summed E-state index contributed by atoms with van der Waals surface area (Å²) in [5.41, 5.74) is 2.95. The van der Waals surface area contributed by atoms with Gasteiger partial charge in [0.1, 0.15) is 6.04 Å². The molecule has 4 nitrogen and oxygen atoms in total. The lowest BCUT2D eigenvalue weighted by molar-refractivity contribution is -0.136. The molecule has 114 valence electrons. The maximum Gasteiger partial charge on any atom is 0.240 e. The largest absolute Gasteiger partial charge is 0.347 e. The van der Waals surface area contributed by atoms with E-state index in [0.717, 1.165) is 38.9 Å². The summed E-state index contributed by atoms with van der Waals surface area (Å²) >= 11 is 0. The minimum atomic E-state index is -0.0102. The minimum Gasteiger partial charge on any atom is -0.347 e. The second-order valence-electron chi connectivity index (χ2n) is 6.36. The van der Waals surface area contributed by atoms with Crippen LogP contribution in [-0.2, 0) is 17.6 Å². The van der Waals surface area contributed by atoms with Crippen molar-refractivity contribution in [2.24, 2.45) is 0 Å². The summed E-state index contributed by atoms with van der Waals surface area (Å²) in [6.45, 7) is 2.72. The summed E-state index contributed by atoms with van der Waals surface area (Å²) in [6.07, 6.45) is 3.37. The standard InChI is InChI=1S/C17H25N3O/c1-19(2)17(21)16-12-18-9-10-20(16)15-8-7-13-5-3-4-6-14(13)11-15/h3-6,15-16,18H,7-12H2,1-2H3. The van der Waals surface area contributed by atoms with Crippen molar-refractivity contribution < 1.29 is 4.79 Å². The molecule has 1 heterocycles. The molecular formula is C17H25N3O. The van der Waals surface area contributed by atoms with E-state index in [1.54, 1.807) is 4.90 Å². The van der Waals surface area contributed by atoms with Crippen molar-refractivity contribution >= 4 is 5.91 Å². The van der Waals surface area contributed by atoms with Crippen molar-refractivity contribution in [2.75, 3.05) is 33.7 Å². The highest BCUT2D eigenvalue weighted by Crippen LogP contribution is 2.26. The molecule has 1 aromatic carbocycles. The summed E-state index contributed by atoms with van der Waals surface area (Å²) in [4.78, 5) is 16.6. The summed E-state index contributed by atoms with van der Waals surface area (Å²) < 4.78 is 0. The Morgan fingerprint density at radius 3 is 2.81 bits per heavy atom. The maximum atomic E-state index is 12.4. The van der Waals surface area contributed by atoms with Crippen LogP contribution in [0.5, 0.6) is 0 Å². The summed E-state index contributed by atoms with van der Waals surface area (Å²) in [5, 5.41) is 3.37. The molecule has 2 atom stereocenters. The SMILES string of the molecule is CN(C)C(=O)C1CNCCN1C1CCc2ccccc2C1. The van der Waals surface area contributed by atoms with E-state index in [1.807, 2.05) is 14.1 Å². The van der Waals surface area contributed by atoms with Gasteiger partial charge in [0.25, 0.3) is 0 Å². The van der Waals surface area contributed by atoms with E-state index < -0.39 is 0 Å². The molecule has 1 aliphatic carbocycles. The van der Waals surface area contributed by atoms with Crippen LogP contribution < -0.4 is 5.32 Å². The molecule has 2 aliphatic rings. The number of carbonyl (C=O) groups is 1. The Balaban J connectivity index is 1.77. The maximum absolute atomic E-state index is 12.4. The summed E-state index contributed by atoms with van der Waals surface area (Å²) in [6, 6.07) is 9.22. The highest BCUT2D eigenvalue weighted by molar-refractivity contribution is 5.81. The van der Waals surface area contributed by atoms with Gasteiger partial charge in [-0.25, -0.2) is 0 Å². The zero-order valence-electron chi connectivity index (χ0n) is 13.0. The number of likely N-dealkylation sites (N-methyl/N-ethyl adjacent to an activating group) is 1. The summed E-state index contributed by atoms with van der Waals surface area (Å²) in [7, 11) is 3.70. The van der Waals surface area contributed by atoms with Crippen LogP contribution in [0.1, 0.15) is 17.5 Å². The zero-order valence-corrected chi connectivity index (χ0v) is 13.0. The van der Waals surface area contributed by atoms with Crippen molar-refractivity contribution in [1.29, 1.82) is 0 Å². The number of nitrogens with one attached hydrogen (secondary N) is 1. The molecule has 1 aliphatic heterocycles. The van der Waals surface area contributed by atoms with E-state index in [-0.39, 0.29) is 11.9 Å². The molecule has 1 N–H and O–H groups in total. The van der Waals surface area contributed by atoms with Crippen LogP contribution in [0.25, 0.3) is 0 Å². The number of aryl methyl sites for hydroxylation is 1. The molecule has 0 bridgehead atoms. The number of carbonyl (C=O) groups excluding carboxylic acids is 1. The van der Waals surface area contributed by atoms with Crippen LogP contribution in [0, 0.1) is 0 Å². The van der Waals surface area contributed by atoms with E-state index in [1.165, 1.54) is 11.1 Å². The third kappa shape index (κ3) is 2.97. The Morgan fingerprint density at radius 2 is 2.05 bits per heavy atom. The third-order valence-electron chi connectivity index (χ3n) is 4.80. The molecule has 1 aromatic rings. The van der Waals surface area contributed by atoms with Crippen LogP contribution in [0.4, 0.5) is 0 Å². The number of amides is 1. The van der Waals surface area contributed by atoms with Crippen molar-refractivity contribution in [3.63, 3.8) is 0 Å². The Hall–Kier alpha value is -1.39. The third-order valence-corrected chi connectivity index (χ3v) is 4.80. The number of fused-ring (bicyclic) bond motifs is 1. The number of hydrogen-bond acceptors (Lipinski definition) is 3. The van der Waals surface area contributed by atoms with Crippen molar-refractivity contribution in [2.45, 2.75) is 31.3 Å². The zero-order chi connectivity index (χ0) is 14.8. The predicted molar refractivity (Wildman–Crippen MR) is 84.3 cm³/mol. The molecule has 0 aromatic heterocycles. The first-order valence-corrected chi connectivity index (χ1v) is 7.91. The molecular weight excluding hydrogens is 262 g/mol. The topological polar surface area (TPSA) is 35.6 Å². The molecule has 21 heavy (non-hydrogen) atoms. The Bertz CT molecular complexity index is 515. The van der Waals surface area contributed by atoms with E-state index in [9.17, 15) is 4.79 Å². The van der Waals surface area contributed by atoms with Gasteiger partial charge in [-0.15, -0.1) is 0 Å². The van der Waals surface area contributed by atoms with Gasteiger partial charge in [0.15, 0.2) is 0 Å². The number of benzene rings is 1. The molecule has 1 fully saturated rings. The average molecular weight is 287 g/mol. The van der Waals surface area contributed by atoms with Crippen LogP contribution in [0.2, 0.25) is 0 Å². The first-order chi connectivity index (χ1) is 10.2. The molecule has 2 unspecified atom stereocenters. The van der Waals surface area contributed by atoms with Crippen molar-refractivity contribution in [3.05, 3.63) is 35.4 Å². The highest BCUT2D eigenvalue weighted by atomic mass is 16.2. The van der Waals surface area contributed by atoms with Crippen LogP contribution >= 0.6 is 0 Å². The smallest absolute Gasteiger partial charge is 0.240 e. The quantitative estimate of drug-likeness (QED) is 0.878. The fourth-order valence-corrected chi connectivity index (χ4v) is 3.65. The van der Waals surface area contributed by atoms with Gasteiger partial charge in [0.2, 0.25) is 5.91 Å². The lowest BCUT2D eigenvalue weighted by Gasteiger charge is -2.43. The van der Waals surface area contributed by atoms with Crippen LogP contribution in [-0.4, -0.2) is 61.5 Å². The molecule has 0 radical (unpaired) electrons. The highest BCUT2D eigenvalue weighted by Gasteiger charge is 2.35. The van der Waals surface area contributed by atoms with E-state index in [2.05, 4.69) is 34.5 Å². The average Bonchev–Trinajstić information content (AvgIpc) is 2.53. The predicted octanol–water partition coefficient (Wildman–Crippen LogP) is 0.906. The Labute approximate surface area is 127 Å². The summed E-state index contributed by atoms with van der Waals surface area (Å²) in [5.74, 6) is 0.223. The van der Waals surface area contributed by atoms with Gasteiger partial charge in [0, 0.05) is 39.8 Å². The van der Waals surface area contributed by atoms with E-state index in [0.29, 0.717) is 6.04 Å². The van der Waals surface area contributed by atoms with Crippen molar-refractivity contribution in [3.8, 4) is 0 Å². The van der Waals surface area contributed by atoms with Crippen molar-refractivity contribution in [1.82, 2.24) is 15.1 Å². The van der Waals surface area contributed by atoms with Crippen LogP contribution in [0.15, 0.2) is 24.3 Å². The van der Waals surface area contributed by atoms with Gasteiger partial charge >= 0.3 is 0 Å².